The molecule has 1 heterocycles. The summed E-state index contributed by atoms with van der Waals surface area (Å²) in [5, 5.41) is 4.40. The van der Waals surface area contributed by atoms with E-state index in [1.54, 1.807) is 48.5 Å². The van der Waals surface area contributed by atoms with E-state index in [2.05, 4.69) is 9.82 Å². The van der Waals surface area contributed by atoms with Crippen molar-refractivity contribution in [2.24, 2.45) is 5.10 Å². The number of nitrogens with one attached hydrogen (secondary N) is 1. The average molecular weight is 474 g/mol. The van der Waals surface area contributed by atoms with Gasteiger partial charge in [-0.05, 0) is 47.5 Å². The summed E-state index contributed by atoms with van der Waals surface area (Å²) in [6.07, 6.45) is 1.28. The Hall–Kier alpha value is -3.24. The zero-order valence-corrected chi connectivity index (χ0v) is 18.6. The number of nitrogens with zero attached hydrogens (tertiary/aromatic N) is 2. The smallest absolute Gasteiger partial charge is 0.279 e. The van der Waals surface area contributed by atoms with Crippen LogP contribution in [0.4, 0.5) is 10.1 Å². The zero-order chi connectivity index (χ0) is 22.9. The molecule has 10 heteroatoms. The van der Waals surface area contributed by atoms with Gasteiger partial charge in [-0.1, -0.05) is 42.5 Å². The summed E-state index contributed by atoms with van der Waals surface area (Å²) in [7, 11) is -7.41. The SMILES string of the molecule is CS(=O)(=O)Nc1ccc(C2=NN(S(=O)(=O)c3ccccc3)[C@@H](c3cccc(F)c3)C2)cc1. The highest BCUT2D eigenvalue weighted by atomic mass is 32.2. The molecule has 0 aromatic heterocycles. The van der Waals surface area contributed by atoms with Gasteiger partial charge in [0.05, 0.1) is 22.9 Å². The van der Waals surface area contributed by atoms with Gasteiger partial charge < -0.3 is 0 Å². The van der Waals surface area contributed by atoms with Gasteiger partial charge in [0.2, 0.25) is 10.0 Å². The summed E-state index contributed by atoms with van der Waals surface area (Å²) < 4.78 is 66.8. The lowest BCUT2D eigenvalue weighted by molar-refractivity contribution is 0.370. The Kier molecular flexibility index (Phi) is 5.74. The molecule has 0 bridgehead atoms. The van der Waals surface area contributed by atoms with E-state index in [0.29, 0.717) is 22.5 Å². The van der Waals surface area contributed by atoms with Crippen LogP contribution in [0.5, 0.6) is 0 Å². The van der Waals surface area contributed by atoms with Crippen molar-refractivity contribution < 1.29 is 21.2 Å². The Bertz CT molecular complexity index is 1370. The van der Waals surface area contributed by atoms with E-state index in [0.717, 1.165) is 10.7 Å². The highest BCUT2D eigenvalue weighted by molar-refractivity contribution is 7.92. The van der Waals surface area contributed by atoms with Gasteiger partial charge in [-0.15, -0.1) is 0 Å². The molecule has 32 heavy (non-hydrogen) atoms. The number of hydrazone groups is 1. The standard InChI is InChI=1S/C22H20FN3O4S2/c1-31(27,28)25-19-12-10-16(11-13-19)21-15-22(17-6-5-7-18(23)14-17)26(24-21)32(29,30)20-8-3-2-4-9-20/h2-14,22,25H,15H2,1H3/t22-/m1/s1. The number of benzene rings is 3. The molecule has 166 valence electrons. The Morgan fingerprint density at radius 2 is 1.62 bits per heavy atom. The predicted molar refractivity (Wildman–Crippen MR) is 121 cm³/mol. The molecule has 0 aliphatic carbocycles. The van der Waals surface area contributed by atoms with Crippen LogP contribution in [0.1, 0.15) is 23.6 Å². The molecule has 0 spiro atoms. The van der Waals surface area contributed by atoms with E-state index in [-0.39, 0.29) is 11.3 Å². The average Bonchev–Trinajstić information content (AvgIpc) is 3.20. The molecule has 1 atom stereocenters. The number of hydrogen-bond acceptors (Lipinski definition) is 5. The molecule has 0 saturated heterocycles. The number of sulfonamides is 2. The van der Waals surface area contributed by atoms with Crippen molar-refractivity contribution in [2.45, 2.75) is 17.4 Å². The van der Waals surface area contributed by atoms with Gasteiger partial charge in [-0.2, -0.15) is 17.9 Å². The second-order valence-corrected chi connectivity index (χ2v) is 10.9. The highest BCUT2D eigenvalue weighted by Crippen LogP contribution is 2.37. The quantitative estimate of drug-likeness (QED) is 0.590. The fraction of sp³-hybridized carbons (Fsp3) is 0.136. The summed E-state index contributed by atoms with van der Waals surface area (Å²) in [4.78, 5) is 0.0825. The number of halogens is 1. The Labute approximate surface area is 186 Å². The fourth-order valence-corrected chi connectivity index (χ4v) is 5.51. The van der Waals surface area contributed by atoms with Crippen molar-refractivity contribution in [3.63, 3.8) is 0 Å². The van der Waals surface area contributed by atoms with Crippen LogP contribution in [0.2, 0.25) is 0 Å². The molecule has 1 aliphatic rings. The van der Waals surface area contributed by atoms with Crippen LogP contribution >= 0.6 is 0 Å². The van der Waals surface area contributed by atoms with Crippen molar-refractivity contribution in [3.8, 4) is 0 Å². The van der Waals surface area contributed by atoms with E-state index in [1.165, 1.54) is 30.3 Å². The lowest BCUT2D eigenvalue weighted by atomic mass is 9.99. The van der Waals surface area contributed by atoms with E-state index >= 15 is 0 Å². The first-order valence-electron chi connectivity index (χ1n) is 9.64. The topological polar surface area (TPSA) is 95.9 Å². The third-order valence-corrected chi connectivity index (χ3v) is 7.22. The minimum absolute atomic E-state index is 0.0825. The van der Waals surface area contributed by atoms with Crippen LogP contribution < -0.4 is 4.72 Å². The molecule has 4 rings (SSSR count). The van der Waals surface area contributed by atoms with Crippen LogP contribution in [-0.2, 0) is 20.0 Å². The fourth-order valence-electron chi connectivity index (χ4n) is 3.49. The third-order valence-electron chi connectivity index (χ3n) is 4.91. The maximum Gasteiger partial charge on any atom is 0.279 e. The van der Waals surface area contributed by atoms with Crippen LogP contribution in [0.25, 0.3) is 0 Å². The lowest BCUT2D eigenvalue weighted by Crippen LogP contribution is -2.27. The molecular formula is C22H20FN3O4S2. The van der Waals surface area contributed by atoms with Crippen LogP contribution in [0, 0.1) is 5.82 Å². The summed E-state index contributed by atoms with van der Waals surface area (Å²) in [6, 6.07) is 19.5. The summed E-state index contributed by atoms with van der Waals surface area (Å²) in [6.45, 7) is 0. The Morgan fingerprint density at radius 1 is 0.938 bits per heavy atom. The molecule has 1 N–H and O–H groups in total. The summed E-state index contributed by atoms with van der Waals surface area (Å²) >= 11 is 0. The first kappa shape index (κ1) is 22.0. The Balaban J connectivity index is 1.74. The van der Waals surface area contributed by atoms with Crippen molar-refractivity contribution >= 4 is 31.4 Å². The van der Waals surface area contributed by atoms with Crippen molar-refractivity contribution in [1.29, 1.82) is 0 Å². The van der Waals surface area contributed by atoms with Crippen LogP contribution in [0.3, 0.4) is 0 Å². The van der Waals surface area contributed by atoms with Crippen LogP contribution in [0.15, 0.2) is 88.9 Å². The number of rotatable bonds is 6. The lowest BCUT2D eigenvalue weighted by Gasteiger charge is -2.23. The summed E-state index contributed by atoms with van der Waals surface area (Å²) in [5.41, 5.74) is 1.99. The molecule has 7 nitrogen and oxygen atoms in total. The van der Waals surface area contributed by atoms with Gasteiger partial charge in [0.15, 0.2) is 0 Å². The van der Waals surface area contributed by atoms with Gasteiger partial charge in [-0.3, -0.25) is 4.72 Å². The second-order valence-electron chi connectivity index (χ2n) is 7.36. The summed E-state index contributed by atoms with van der Waals surface area (Å²) in [5.74, 6) is -0.468. The van der Waals surface area contributed by atoms with E-state index < -0.39 is 31.9 Å². The molecule has 0 saturated carbocycles. The molecule has 0 radical (unpaired) electrons. The van der Waals surface area contributed by atoms with Crippen molar-refractivity contribution in [2.75, 3.05) is 11.0 Å². The normalized spacial score (nSPS) is 16.6. The van der Waals surface area contributed by atoms with E-state index in [1.807, 2.05) is 0 Å². The Morgan fingerprint density at radius 3 is 2.25 bits per heavy atom. The van der Waals surface area contributed by atoms with Gasteiger partial charge in [0.1, 0.15) is 5.82 Å². The predicted octanol–water partition coefficient (Wildman–Crippen LogP) is 3.74. The van der Waals surface area contributed by atoms with Crippen molar-refractivity contribution in [1.82, 2.24) is 4.41 Å². The second kappa shape index (κ2) is 8.36. The first-order valence-corrected chi connectivity index (χ1v) is 13.0. The number of anilines is 1. The molecular weight excluding hydrogens is 453 g/mol. The molecule has 1 aliphatic heterocycles. The van der Waals surface area contributed by atoms with Gasteiger partial charge in [0.25, 0.3) is 10.0 Å². The maximum absolute atomic E-state index is 13.9. The van der Waals surface area contributed by atoms with E-state index in [9.17, 15) is 21.2 Å². The van der Waals surface area contributed by atoms with Crippen molar-refractivity contribution in [3.05, 3.63) is 95.8 Å². The minimum atomic E-state index is -3.99. The molecule has 3 aromatic rings. The highest BCUT2D eigenvalue weighted by Gasteiger charge is 2.37. The zero-order valence-electron chi connectivity index (χ0n) is 17.0. The monoisotopic (exact) mass is 473 g/mol. The first-order chi connectivity index (χ1) is 15.1. The van der Waals surface area contributed by atoms with Gasteiger partial charge in [-0.25, -0.2) is 12.8 Å². The number of hydrogen-bond donors (Lipinski definition) is 1. The molecule has 0 unspecified atom stereocenters. The molecule has 3 aromatic carbocycles. The largest absolute Gasteiger partial charge is 0.284 e. The van der Waals surface area contributed by atoms with E-state index in [4.69, 9.17) is 0 Å². The molecule has 0 amide bonds. The molecule has 0 fully saturated rings. The van der Waals surface area contributed by atoms with Gasteiger partial charge in [0, 0.05) is 12.1 Å². The minimum Gasteiger partial charge on any atom is -0.284 e. The van der Waals surface area contributed by atoms with Crippen LogP contribution in [-0.4, -0.2) is 33.2 Å². The third kappa shape index (κ3) is 4.66. The maximum atomic E-state index is 13.9. The van der Waals surface area contributed by atoms with Gasteiger partial charge >= 0.3 is 0 Å².